The maximum Gasteiger partial charge on any atom is 0.251 e. The van der Waals surface area contributed by atoms with Gasteiger partial charge in [0, 0.05) is 40.7 Å². The minimum absolute atomic E-state index is 0.178. The summed E-state index contributed by atoms with van der Waals surface area (Å²) in [6.45, 7) is 4.67. The summed E-state index contributed by atoms with van der Waals surface area (Å²) in [6, 6.07) is 11.1. The maximum atomic E-state index is 12.7. The Balaban J connectivity index is 1.81. The van der Waals surface area contributed by atoms with Gasteiger partial charge in [-0.2, -0.15) is 0 Å². The Labute approximate surface area is 164 Å². The molecule has 3 rings (SSSR count). The highest BCUT2D eigenvalue weighted by Gasteiger charge is 2.25. The summed E-state index contributed by atoms with van der Waals surface area (Å²) in [5, 5.41) is 4.11. The number of benzene rings is 2. The second kappa shape index (κ2) is 7.84. The molecule has 6 nitrogen and oxygen atoms in total. The smallest absolute Gasteiger partial charge is 0.251 e. The van der Waals surface area contributed by atoms with Crippen LogP contribution in [0.25, 0.3) is 10.9 Å². The molecule has 0 atom stereocenters. The Morgan fingerprint density at radius 3 is 2.21 bits per heavy atom. The zero-order valence-corrected chi connectivity index (χ0v) is 16.9. The second-order valence-corrected chi connectivity index (χ2v) is 7.28. The van der Waals surface area contributed by atoms with Crippen molar-refractivity contribution < 1.29 is 19.0 Å². The van der Waals surface area contributed by atoms with Crippen molar-refractivity contribution >= 4 is 16.8 Å². The van der Waals surface area contributed by atoms with E-state index in [-0.39, 0.29) is 11.3 Å². The molecular weight excluding hydrogens is 356 g/mol. The largest absolute Gasteiger partial charge is 0.497 e. The van der Waals surface area contributed by atoms with Gasteiger partial charge in [-0.25, -0.2) is 0 Å². The molecule has 0 bridgehead atoms. The minimum Gasteiger partial charge on any atom is -0.497 e. The zero-order valence-electron chi connectivity index (χ0n) is 16.9. The van der Waals surface area contributed by atoms with Crippen molar-refractivity contribution in [2.24, 2.45) is 0 Å². The zero-order chi connectivity index (χ0) is 20.3. The van der Waals surface area contributed by atoms with Crippen LogP contribution in [0.4, 0.5) is 0 Å². The number of amides is 1. The van der Waals surface area contributed by atoms with E-state index in [4.69, 9.17) is 14.2 Å². The minimum atomic E-state index is -0.288. The molecule has 2 aromatic carbocycles. The number of aromatic amines is 1. The number of rotatable bonds is 7. The van der Waals surface area contributed by atoms with E-state index in [2.05, 4.69) is 24.1 Å². The van der Waals surface area contributed by atoms with Crippen molar-refractivity contribution in [3.63, 3.8) is 0 Å². The average molecular weight is 382 g/mol. The van der Waals surface area contributed by atoms with Gasteiger partial charge in [0.2, 0.25) is 0 Å². The molecule has 0 fully saturated rings. The third-order valence-electron chi connectivity index (χ3n) is 4.92. The molecule has 6 heteroatoms. The molecular formula is C22H26N2O4. The molecule has 148 valence electrons. The number of aromatic nitrogens is 1. The van der Waals surface area contributed by atoms with Crippen LogP contribution in [0.15, 0.2) is 42.6 Å². The van der Waals surface area contributed by atoms with E-state index in [0.29, 0.717) is 23.6 Å². The Hall–Kier alpha value is -3.15. The first kappa shape index (κ1) is 19.6. The molecule has 0 spiro atoms. The van der Waals surface area contributed by atoms with Gasteiger partial charge in [-0.15, -0.1) is 0 Å². The van der Waals surface area contributed by atoms with Gasteiger partial charge >= 0.3 is 0 Å². The summed E-state index contributed by atoms with van der Waals surface area (Å²) in [4.78, 5) is 16.0. The molecule has 0 unspecified atom stereocenters. The summed E-state index contributed by atoms with van der Waals surface area (Å²) >= 11 is 0. The van der Waals surface area contributed by atoms with Crippen LogP contribution in [0, 0.1) is 0 Å². The summed E-state index contributed by atoms with van der Waals surface area (Å²) < 4.78 is 15.8. The number of H-pyrrole nitrogens is 1. The van der Waals surface area contributed by atoms with Crippen LogP contribution in [-0.4, -0.2) is 38.8 Å². The molecule has 28 heavy (non-hydrogen) atoms. The van der Waals surface area contributed by atoms with Crippen LogP contribution >= 0.6 is 0 Å². The van der Waals surface area contributed by atoms with Crippen LogP contribution in [0.2, 0.25) is 0 Å². The van der Waals surface area contributed by atoms with E-state index in [1.807, 2.05) is 24.4 Å². The van der Waals surface area contributed by atoms with Gasteiger partial charge in [-0.05, 0) is 35.9 Å². The van der Waals surface area contributed by atoms with E-state index in [0.717, 1.165) is 22.2 Å². The van der Waals surface area contributed by atoms with Gasteiger partial charge in [0.05, 0.1) is 21.3 Å². The highest BCUT2D eigenvalue weighted by molar-refractivity contribution is 5.95. The van der Waals surface area contributed by atoms with Gasteiger partial charge < -0.3 is 24.5 Å². The van der Waals surface area contributed by atoms with Gasteiger partial charge in [-0.1, -0.05) is 13.8 Å². The fourth-order valence-corrected chi connectivity index (χ4v) is 3.22. The van der Waals surface area contributed by atoms with E-state index >= 15 is 0 Å². The third kappa shape index (κ3) is 3.91. The molecule has 0 saturated heterocycles. The van der Waals surface area contributed by atoms with Gasteiger partial charge in [0.15, 0.2) is 0 Å². The predicted octanol–water partition coefficient (Wildman–Crippen LogP) is 3.90. The number of hydrogen-bond acceptors (Lipinski definition) is 4. The summed E-state index contributed by atoms with van der Waals surface area (Å²) in [5.41, 5.74) is 2.36. The van der Waals surface area contributed by atoms with Crippen LogP contribution in [0.3, 0.4) is 0 Å². The van der Waals surface area contributed by atoms with Crippen molar-refractivity contribution in [2.45, 2.75) is 19.3 Å². The van der Waals surface area contributed by atoms with E-state index in [9.17, 15) is 4.79 Å². The summed E-state index contributed by atoms with van der Waals surface area (Å²) in [7, 11) is 4.77. The Bertz CT molecular complexity index is 969. The molecule has 0 aliphatic heterocycles. The Kier molecular flexibility index (Phi) is 5.49. The molecule has 2 N–H and O–H groups in total. The fourth-order valence-electron chi connectivity index (χ4n) is 3.22. The predicted molar refractivity (Wildman–Crippen MR) is 110 cm³/mol. The standard InChI is InChI=1S/C22H26N2O4/c1-22(2,19-12-23-20-7-6-15(26-3)11-18(19)20)13-24-21(25)14-8-16(27-4)10-17(9-14)28-5/h6-12,23H,13H2,1-5H3,(H,24,25). The first-order valence-corrected chi connectivity index (χ1v) is 9.05. The lowest BCUT2D eigenvalue weighted by Crippen LogP contribution is -2.36. The number of carbonyl (C=O) groups excluding carboxylic acids is 1. The van der Waals surface area contributed by atoms with Crippen LogP contribution in [0.5, 0.6) is 17.2 Å². The van der Waals surface area contributed by atoms with Crippen molar-refractivity contribution in [2.75, 3.05) is 27.9 Å². The van der Waals surface area contributed by atoms with Gasteiger partial charge in [-0.3, -0.25) is 4.79 Å². The SMILES string of the molecule is COc1cc(OC)cc(C(=O)NCC(C)(C)c2c[nH]c3ccc(OC)cc23)c1. The number of nitrogens with one attached hydrogen (secondary N) is 2. The molecule has 0 radical (unpaired) electrons. The third-order valence-corrected chi connectivity index (χ3v) is 4.92. The molecule has 1 aromatic heterocycles. The molecule has 0 aliphatic rings. The number of methoxy groups -OCH3 is 3. The summed E-state index contributed by atoms with van der Waals surface area (Å²) in [6.07, 6.45) is 1.99. The molecule has 1 amide bonds. The van der Waals surface area contributed by atoms with Crippen LogP contribution in [0.1, 0.15) is 29.8 Å². The quantitative estimate of drug-likeness (QED) is 0.650. The van der Waals surface area contributed by atoms with Crippen molar-refractivity contribution in [1.82, 2.24) is 10.3 Å². The molecule has 3 aromatic rings. The van der Waals surface area contributed by atoms with Gasteiger partial charge in [0.25, 0.3) is 5.91 Å². The number of ether oxygens (including phenoxy) is 3. The molecule has 1 heterocycles. The maximum absolute atomic E-state index is 12.7. The number of hydrogen-bond donors (Lipinski definition) is 2. The normalized spacial score (nSPS) is 11.3. The van der Waals surface area contributed by atoms with Crippen LogP contribution < -0.4 is 19.5 Å². The fraction of sp³-hybridized carbons (Fsp3) is 0.318. The van der Waals surface area contributed by atoms with Crippen molar-refractivity contribution in [3.05, 3.63) is 53.7 Å². The van der Waals surface area contributed by atoms with E-state index in [1.165, 1.54) is 0 Å². The van der Waals surface area contributed by atoms with Crippen molar-refractivity contribution in [3.8, 4) is 17.2 Å². The lowest BCUT2D eigenvalue weighted by atomic mass is 9.84. The first-order chi connectivity index (χ1) is 13.4. The number of carbonyl (C=O) groups is 1. The topological polar surface area (TPSA) is 72.6 Å². The highest BCUT2D eigenvalue weighted by atomic mass is 16.5. The lowest BCUT2D eigenvalue weighted by molar-refractivity contribution is 0.0945. The second-order valence-electron chi connectivity index (χ2n) is 7.28. The average Bonchev–Trinajstić information content (AvgIpc) is 3.15. The monoisotopic (exact) mass is 382 g/mol. The molecule has 0 aliphatic carbocycles. The van der Waals surface area contributed by atoms with E-state index in [1.54, 1.807) is 39.5 Å². The Morgan fingerprint density at radius 2 is 1.61 bits per heavy atom. The van der Waals surface area contributed by atoms with Crippen molar-refractivity contribution in [1.29, 1.82) is 0 Å². The van der Waals surface area contributed by atoms with Crippen LogP contribution in [-0.2, 0) is 5.41 Å². The summed E-state index contributed by atoms with van der Waals surface area (Å²) in [5.74, 6) is 1.78. The first-order valence-electron chi connectivity index (χ1n) is 9.05. The highest BCUT2D eigenvalue weighted by Crippen LogP contribution is 2.32. The van der Waals surface area contributed by atoms with E-state index < -0.39 is 0 Å². The molecule has 0 saturated carbocycles. The number of fused-ring (bicyclic) bond motifs is 1. The van der Waals surface area contributed by atoms with Gasteiger partial charge in [0.1, 0.15) is 17.2 Å². The Morgan fingerprint density at radius 1 is 0.964 bits per heavy atom. The lowest BCUT2D eigenvalue weighted by Gasteiger charge is -2.25.